The van der Waals surface area contributed by atoms with Crippen molar-refractivity contribution in [1.82, 2.24) is 24.2 Å². The molecular weight excluding hydrogens is 824 g/mol. The molecule has 2 aromatic heterocycles. The van der Waals surface area contributed by atoms with Crippen LogP contribution in [0.25, 0.3) is 11.2 Å². The van der Waals surface area contributed by atoms with Gasteiger partial charge in [-0.25, -0.2) is 14.6 Å². The first-order valence-corrected chi connectivity index (χ1v) is 25.0. The Kier molecular flexibility index (Phi) is 14.8. The highest BCUT2D eigenvalue weighted by Gasteiger charge is 2.59. The third-order valence-corrected chi connectivity index (χ3v) is 18.7. The molecule has 16 heteroatoms. The van der Waals surface area contributed by atoms with Crippen LogP contribution in [0.3, 0.4) is 0 Å². The molecule has 6 rings (SSSR count). The summed E-state index contributed by atoms with van der Waals surface area (Å²) in [6.45, 7) is 19.2. The largest absolute Gasteiger partial charge is 0.497 e. The minimum atomic E-state index is -2.70. The number of fused-ring (bicyclic) bond motifs is 1. The van der Waals surface area contributed by atoms with Gasteiger partial charge in [-0.2, -0.15) is 5.26 Å². The number of nitrogens with one attached hydrogen (secondary N) is 1. The lowest BCUT2D eigenvalue weighted by Crippen LogP contribution is -2.55. The maximum absolute atomic E-state index is 13.9. The van der Waals surface area contributed by atoms with Crippen molar-refractivity contribution in [2.75, 3.05) is 20.8 Å². The molecule has 0 spiro atoms. The van der Waals surface area contributed by atoms with Crippen LogP contribution in [0.4, 0.5) is 0 Å². The van der Waals surface area contributed by atoms with Crippen LogP contribution in [0.2, 0.25) is 18.1 Å². The molecule has 0 bridgehead atoms. The number of aliphatic hydroxyl groups excluding tert-OH is 1. The Balaban J connectivity index is 1.67. The average molecular weight is 885 g/mol. The smallest absolute Gasteiger partial charge is 0.278 e. The maximum Gasteiger partial charge on any atom is 0.278 e. The Bertz CT molecular complexity index is 2270. The highest BCUT2D eigenvalue weighted by atomic mass is 31.2. The quantitative estimate of drug-likeness (QED) is 0.0374. The number of methoxy groups -OCH3 is 2. The topological polar surface area (TPSA) is 166 Å². The van der Waals surface area contributed by atoms with Gasteiger partial charge in [0.1, 0.15) is 35.9 Å². The molecule has 62 heavy (non-hydrogen) atoms. The molecule has 3 aromatic carbocycles. The van der Waals surface area contributed by atoms with Gasteiger partial charge in [0.25, 0.3) is 14.1 Å². The highest BCUT2D eigenvalue weighted by Crippen LogP contribution is 2.55. The molecule has 1 fully saturated rings. The van der Waals surface area contributed by atoms with Gasteiger partial charge in [-0.05, 0) is 86.8 Å². The molecule has 1 aliphatic heterocycles. The van der Waals surface area contributed by atoms with E-state index in [1.165, 1.54) is 12.7 Å². The van der Waals surface area contributed by atoms with Gasteiger partial charge in [-0.3, -0.25) is 9.36 Å². The second-order valence-electron chi connectivity index (χ2n) is 17.6. The molecule has 0 radical (unpaired) electrons. The fourth-order valence-corrected chi connectivity index (χ4v) is 11.1. The molecule has 1 saturated heterocycles. The molecular formula is C46H61N6O8PSi. The van der Waals surface area contributed by atoms with E-state index in [-0.39, 0.29) is 41.3 Å². The third kappa shape index (κ3) is 9.25. The molecule has 332 valence electrons. The Morgan fingerprint density at radius 2 is 1.47 bits per heavy atom. The van der Waals surface area contributed by atoms with Crippen molar-refractivity contribution < 1.29 is 32.8 Å². The van der Waals surface area contributed by atoms with Gasteiger partial charge in [-0.1, -0.05) is 75.4 Å². The van der Waals surface area contributed by atoms with Crippen molar-refractivity contribution in [1.29, 1.82) is 5.26 Å². The summed E-state index contributed by atoms with van der Waals surface area (Å²) in [6, 6.07) is 27.3. The van der Waals surface area contributed by atoms with Gasteiger partial charge in [0.05, 0.1) is 51.4 Å². The SMILES string of the molecule is COc1ccc(C(c2ccccc2)(c2ccc(OC)cc2)C(O)[C@H]2O[C@@H](n3cnc4c(=O)[nH]cnc43)[C@H](O[Si](C)(C)C(C)(C)C)[C@@H]2OP(OCCC#N)N(C(C)C)C(C)C)cc1. The predicted molar refractivity (Wildman–Crippen MR) is 243 cm³/mol. The van der Waals surface area contributed by atoms with Crippen molar-refractivity contribution in [3.05, 3.63) is 119 Å². The van der Waals surface area contributed by atoms with Gasteiger partial charge in [0, 0.05) is 12.1 Å². The molecule has 14 nitrogen and oxygen atoms in total. The summed E-state index contributed by atoms with van der Waals surface area (Å²) in [5.41, 5.74) is 1.01. The standard InChI is InChI=1S/C46H61N6O8PSi/c1-30(2)52(31(3)4)61(57-27-15-26-47)59-38-39(58-44(40(38)60-62(10,11)45(5,6)7)51-29-50-37-42(51)48-28-49-43(37)54)41(53)46(32-16-13-12-14-17-32,33-18-22-35(55-8)23-19-33)34-20-24-36(56-9)25-21-34/h12-14,16-25,28-31,38-41,44,53H,15,27H2,1-11H3,(H,48,49,54)/t38-,39+,40-,41?,44-,61?/m1/s1. The zero-order chi connectivity index (χ0) is 45.0. The molecule has 1 aliphatic rings. The van der Waals surface area contributed by atoms with E-state index >= 15 is 0 Å². The molecule has 3 heterocycles. The first-order chi connectivity index (χ1) is 29.5. The summed E-state index contributed by atoms with van der Waals surface area (Å²) in [5.74, 6) is 1.30. The number of rotatable bonds is 18. The van der Waals surface area contributed by atoms with E-state index in [1.54, 1.807) is 18.8 Å². The van der Waals surface area contributed by atoms with E-state index < -0.39 is 58.5 Å². The van der Waals surface area contributed by atoms with Crippen molar-refractivity contribution in [2.45, 2.75) is 121 Å². The lowest BCUT2D eigenvalue weighted by molar-refractivity contribution is -0.0952. The lowest BCUT2D eigenvalue weighted by Gasteiger charge is -2.45. The van der Waals surface area contributed by atoms with Crippen LogP contribution in [0, 0.1) is 11.3 Å². The molecule has 0 aliphatic carbocycles. The van der Waals surface area contributed by atoms with Crippen molar-refractivity contribution in [2.24, 2.45) is 0 Å². The van der Waals surface area contributed by atoms with Crippen LogP contribution in [-0.2, 0) is 23.6 Å². The summed E-state index contributed by atoms with van der Waals surface area (Å²) in [5, 5.41) is 23.2. The van der Waals surface area contributed by atoms with Gasteiger partial charge < -0.3 is 37.8 Å². The number of hydrogen-bond acceptors (Lipinski definition) is 12. The summed E-state index contributed by atoms with van der Waals surface area (Å²) < 4.78 is 43.8. The van der Waals surface area contributed by atoms with Crippen molar-refractivity contribution in [3.8, 4) is 17.6 Å². The molecule has 2 N–H and O–H groups in total. The van der Waals surface area contributed by atoms with Gasteiger partial charge in [0.2, 0.25) is 0 Å². The number of hydrogen-bond donors (Lipinski definition) is 2. The van der Waals surface area contributed by atoms with Crippen LogP contribution < -0.4 is 15.0 Å². The number of benzene rings is 3. The summed E-state index contributed by atoms with van der Waals surface area (Å²) >= 11 is 0. The highest BCUT2D eigenvalue weighted by molar-refractivity contribution is 7.44. The van der Waals surface area contributed by atoms with Gasteiger partial charge >= 0.3 is 0 Å². The molecule has 6 atom stereocenters. The zero-order valence-corrected chi connectivity index (χ0v) is 39.5. The number of aliphatic hydroxyl groups is 1. The second kappa shape index (κ2) is 19.5. The van der Waals surface area contributed by atoms with Crippen molar-refractivity contribution >= 4 is 28.0 Å². The van der Waals surface area contributed by atoms with Gasteiger partial charge in [-0.15, -0.1) is 0 Å². The van der Waals surface area contributed by atoms with Gasteiger partial charge in [0.15, 0.2) is 25.7 Å². The Morgan fingerprint density at radius 3 is 1.98 bits per heavy atom. The van der Waals surface area contributed by atoms with Crippen LogP contribution >= 0.6 is 8.53 Å². The number of ether oxygens (including phenoxy) is 3. The lowest BCUT2D eigenvalue weighted by atomic mass is 9.64. The summed E-state index contributed by atoms with van der Waals surface area (Å²) in [7, 11) is -1.37. The summed E-state index contributed by atoms with van der Waals surface area (Å²) in [6.07, 6.45) is -2.39. The number of nitrogens with zero attached hydrogens (tertiary/aromatic N) is 5. The zero-order valence-electron chi connectivity index (χ0n) is 37.6. The number of nitriles is 1. The van der Waals surface area contributed by atoms with Crippen LogP contribution in [0.5, 0.6) is 11.5 Å². The van der Waals surface area contributed by atoms with Crippen LogP contribution in [0.15, 0.2) is 96.3 Å². The normalized spacial score (nSPS) is 19.6. The average Bonchev–Trinajstić information content (AvgIpc) is 3.83. The minimum absolute atomic E-state index is 0.0278. The number of aromatic amines is 1. The van der Waals surface area contributed by atoms with E-state index in [0.29, 0.717) is 11.5 Å². The minimum Gasteiger partial charge on any atom is -0.497 e. The second-order valence-corrected chi connectivity index (χ2v) is 23.7. The monoisotopic (exact) mass is 884 g/mol. The Labute approximate surface area is 367 Å². The Hall–Kier alpha value is -4.49. The fourth-order valence-electron chi connectivity index (χ4n) is 8.02. The third-order valence-electron chi connectivity index (χ3n) is 12.1. The van der Waals surface area contributed by atoms with E-state index in [2.05, 4.69) is 87.3 Å². The Morgan fingerprint density at radius 1 is 0.903 bits per heavy atom. The van der Waals surface area contributed by atoms with E-state index in [9.17, 15) is 15.2 Å². The predicted octanol–water partition coefficient (Wildman–Crippen LogP) is 8.48. The van der Waals surface area contributed by atoms with E-state index in [1.807, 2.05) is 78.9 Å². The number of H-pyrrole nitrogens is 1. The fraction of sp³-hybridized carbons (Fsp3) is 0.478. The molecule has 5 aromatic rings. The first kappa shape index (κ1) is 47.0. The van der Waals surface area contributed by atoms with Crippen LogP contribution in [0.1, 0.15) is 77.8 Å². The maximum atomic E-state index is 13.9. The van der Waals surface area contributed by atoms with E-state index in [4.69, 9.17) is 27.7 Å². The molecule has 0 saturated carbocycles. The first-order valence-electron chi connectivity index (χ1n) is 21.0. The number of aromatic nitrogens is 4. The van der Waals surface area contributed by atoms with Crippen LogP contribution in [-0.4, -0.2) is 94.9 Å². The van der Waals surface area contributed by atoms with E-state index in [0.717, 1.165) is 16.7 Å². The molecule has 0 amide bonds. The molecule has 2 unspecified atom stereocenters. The summed E-state index contributed by atoms with van der Waals surface area (Å²) in [4.78, 5) is 24.8. The van der Waals surface area contributed by atoms with Crippen molar-refractivity contribution in [3.63, 3.8) is 0 Å². The number of imidazole rings is 1.